The van der Waals surface area contributed by atoms with Crippen molar-refractivity contribution in [2.75, 3.05) is 6.61 Å². The SMILES string of the molecule is CC1=C(C(=O)OCCc2ccccc2)C(c2cccc3ccccc23)C2=C(CC(c3ccc(Cl)cc3)CC2=O)N1. The molecule has 0 amide bonds. The van der Waals surface area contributed by atoms with Gasteiger partial charge in [0.15, 0.2) is 5.78 Å². The van der Waals surface area contributed by atoms with Crippen LogP contribution in [0.3, 0.4) is 0 Å². The van der Waals surface area contributed by atoms with E-state index < -0.39 is 11.9 Å². The summed E-state index contributed by atoms with van der Waals surface area (Å²) in [6.07, 6.45) is 1.68. The van der Waals surface area contributed by atoms with Gasteiger partial charge in [-0.25, -0.2) is 4.79 Å². The van der Waals surface area contributed by atoms with Crippen LogP contribution in [0.15, 0.2) is 120 Å². The van der Waals surface area contributed by atoms with Gasteiger partial charge in [-0.15, -0.1) is 0 Å². The predicted octanol–water partition coefficient (Wildman–Crippen LogP) is 7.64. The third-order valence-corrected chi connectivity index (χ3v) is 8.24. The number of nitrogens with one attached hydrogen (secondary N) is 1. The average Bonchev–Trinajstić information content (AvgIpc) is 2.97. The Hall–Kier alpha value is -4.15. The van der Waals surface area contributed by atoms with E-state index in [0.29, 0.717) is 35.4 Å². The third kappa shape index (κ3) is 5.07. The number of Topliss-reactive ketones (excluding diaryl/α,β-unsaturated/α-hetero) is 1. The second kappa shape index (κ2) is 11.1. The quantitative estimate of drug-likeness (QED) is 0.252. The van der Waals surface area contributed by atoms with Crippen LogP contribution < -0.4 is 5.32 Å². The summed E-state index contributed by atoms with van der Waals surface area (Å²) in [5.41, 5.74) is 5.91. The number of ketones is 1. The van der Waals surface area contributed by atoms with E-state index in [4.69, 9.17) is 16.3 Å². The molecule has 1 aliphatic heterocycles. The minimum atomic E-state index is -0.509. The van der Waals surface area contributed by atoms with Crippen LogP contribution in [0.2, 0.25) is 5.02 Å². The van der Waals surface area contributed by atoms with E-state index in [9.17, 15) is 9.59 Å². The minimum absolute atomic E-state index is 0.0383. The maximum Gasteiger partial charge on any atom is 0.336 e. The fraction of sp³-hybridized carbons (Fsp3) is 0.200. The van der Waals surface area contributed by atoms with Gasteiger partial charge in [0.25, 0.3) is 0 Å². The van der Waals surface area contributed by atoms with Crippen LogP contribution in [0.5, 0.6) is 0 Å². The summed E-state index contributed by atoms with van der Waals surface area (Å²) in [6.45, 7) is 2.17. The molecule has 200 valence electrons. The molecular weight excluding hydrogens is 518 g/mol. The highest BCUT2D eigenvalue weighted by Gasteiger charge is 2.42. The van der Waals surface area contributed by atoms with Crippen molar-refractivity contribution >= 4 is 34.1 Å². The number of dihydropyridines is 1. The van der Waals surface area contributed by atoms with Crippen molar-refractivity contribution in [3.8, 4) is 0 Å². The number of esters is 1. The van der Waals surface area contributed by atoms with E-state index in [1.807, 2.05) is 85.8 Å². The summed E-state index contributed by atoms with van der Waals surface area (Å²) >= 11 is 6.12. The smallest absolute Gasteiger partial charge is 0.336 e. The first-order valence-corrected chi connectivity index (χ1v) is 14.1. The monoisotopic (exact) mass is 547 g/mol. The maximum atomic E-state index is 14.0. The third-order valence-electron chi connectivity index (χ3n) is 7.99. The molecule has 2 aliphatic rings. The average molecular weight is 548 g/mol. The zero-order valence-electron chi connectivity index (χ0n) is 22.3. The van der Waals surface area contributed by atoms with Crippen LogP contribution in [0.1, 0.15) is 48.3 Å². The molecule has 5 heteroatoms. The van der Waals surface area contributed by atoms with Gasteiger partial charge in [0.2, 0.25) is 0 Å². The van der Waals surface area contributed by atoms with Crippen molar-refractivity contribution < 1.29 is 14.3 Å². The van der Waals surface area contributed by atoms with Crippen molar-refractivity contribution in [1.82, 2.24) is 5.32 Å². The van der Waals surface area contributed by atoms with E-state index in [1.165, 1.54) is 0 Å². The van der Waals surface area contributed by atoms with Gasteiger partial charge in [0.05, 0.1) is 12.2 Å². The number of ether oxygens (including phenoxy) is 1. The number of hydrogen-bond donors (Lipinski definition) is 1. The molecule has 0 saturated carbocycles. The highest BCUT2D eigenvalue weighted by molar-refractivity contribution is 6.30. The Balaban J connectivity index is 1.39. The van der Waals surface area contributed by atoms with Gasteiger partial charge < -0.3 is 10.1 Å². The Morgan fingerprint density at radius 1 is 0.900 bits per heavy atom. The number of carbonyl (C=O) groups excluding carboxylic acids is 2. The molecule has 1 aliphatic carbocycles. The molecule has 0 saturated heterocycles. The van der Waals surface area contributed by atoms with Crippen molar-refractivity contribution in [3.05, 3.63) is 141 Å². The van der Waals surface area contributed by atoms with Gasteiger partial charge in [0, 0.05) is 40.7 Å². The molecule has 1 N–H and O–H groups in total. The highest BCUT2D eigenvalue weighted by atomic mass is 35.5. The Morgan fingerprint density at radius 3 is 2.42 bits per heavy atom. The molecule has 0 radical (unpaired) electrons. The lowest BCUT2D eigenvalue weighted by Gasteiger charge is -2.37. The van der Waals surface area contributed by atoms with Gasteiger partial charge in [-0.1, -0.05) is 96.5 Å². The van der Waals surface area contributed by atoms with Crippen LogP contribution in [0.25, 0.3) is 10.8 Å². The van der Waals surface area contributed by atoms with Gasteiger partial charge in [-0.3, -0.25) is 4.79 Å². The summed E-state index contributed by atoms with van der Waals surface area (Å²) in [7, 11) is 0. The van der Waals surface area contributed by atoms with E-state index in [0.717, 1.165) is 38.9 Å². The molecule has 2 unspecified atom stereocenters. The lowest BCUT2D eigenvalue weighted by atomic mass is 9.71. The van der Waals surface area contributed by atoms with Gasteiger partial charge in [-0.05, 0) is 58.9 Å². The van der Waals surface area contributed by atoms with Gasteiger partial charge in [-0.2, -0.15) is 0 Å². The number of allylic oxidation sites excluding steroid dienone is 3. The van der Waals surface area contributed by atoms with E-state index in [-0.39, 0.29) is 18.3 Å². The lowest BCUT2D eigenvalue weighted by Crippen LogP contribution is -2.36. The van der Waals surface area contributed by atoms with Crippen LogP contribution >= 0.6 is 11.6 Å². The van der Waals surface area contributed by atoms with E-state index >= 15 is 0 Å². The summed E-state index contributed by atoms with van der Waals surface area (Å²) in [5, 5.41) is 6.22. The molecule has 6 rings (SSSR count). The maximum absolute atomic E-state index is 14.0. The second-order valence-corrected chi connectivity index (χ2v) is 10.9. The van der Waals surface area contributed by atoms with E-state index in [1.54, 1.807) is 0 Å². The largest absolute Gasteiger partial charge is 0.462 e. The number of rotatable bonds is 6. The van der Waals surface area contributed by atoms with Crippen molar-refractivity contribution in [2.45, 2.75) is 38.0 Å². The summed E-state index contributed by atoms with van der Waals surface area (Å²) in [4.78, 5) is 27.7. The molecule has 2 atom stereocenters. The standard InChI is InChI=1S/C35H30ClNO3/c1-22-32(35(39)40-19-18-23-8-3-2-4-9-23)33(29-13-7-11-25-10-5-6-12-28(25)29)34-30(37-22)20-26(21-31(34)38)24-14-16-27(36)17-15-24/h2-17,26,33,37H,18-21H2,1H3. The minimum Gasteiger partial charge on any atom is -0.462 e. The molecule has 1 heterocycles. The van der Waals surface area contributed by atoms with Crippen molar-refractivity contribution in [1.29, 1.82) is 0 Å². The normalized spacial score (nSPS) is 18.9. The molecular formula is C35H30ClNO3. The highest BCUT2D eigenvalue weighted by Crippen LogP contribution is 2.47. The fourth-order valence-corrected chi connectivity index (χ4v) is 6.20. The Kier molecular flexibility index (Phi) is 7.27. The molecule has 4 aromatic rings. The Labute approximate surface area is 239 Å². The zero-order valence-corrected chi connectivity index (χ0v) is 23.1. The number of hydrogen-bond acceptors (Lipinski definition) is 4. The first-order chi connectivity index (χ1) is 19.5. The van der Waals surface area contributed by atoms with Crippen molar-refractivity contribution in [3.63, 3.8) is 0 Å². The molecule has 4 nitrogen and oxygen atoms in total. The lowest BCUT2D eigenvalue weighted by molar-refractivity contribution is -0.139. The Morgan fingerprint density at radius 2 is 1.62 bits per heavy atom. The number of benzene rings is 4. The van der Waals surface area contributed by atoms with Crippen LogP contribution in [-0.4, -0.2) is 18.4 Å². The summed E-state index contributed by atoms with van der Waals surface area (Å²) in [5.74, 6) is -0.812. The predicted molar refractivity (Wildman–Crippen MR) is 159 cm³/mol. The van der Waals surface area contributed by atoms with E-state index in [2.05, 4.69) is 23.5 Å². The van der Waals surface area contributed by atoms with Gasteiger partial charge >= 0.3 is 5.97 Å². The molecule has 0 bridgehead atoms. The first-order valence-electron chi connectivity index (χ1n) is 13.7. The van der Waals surface area contributed by atoms with Gasteiger partial charge in [0.1, 0.15) is 0 Å². The molecule has 0 fully saturated rings. The van der Waals surface area contributed by atoms with Crippen LogP contribution in [0, 0.1) is 0 Å². The zero-order chi connectivity index (χ0) is 27.6. The topological polar surface area (TPSA) is 55.4 Å². The first kappa shape index (κ1) is 26.1. The van der Waals surface area contributed by atoms with Crippen LogP contribution in [-0.2, 0) is 20.7 Å². The van der Waals surface area contributed by atoms with Crippen LogP contribution in [0.4, 0.5) is 0 Å². The number of halogens is 1. The molecule has 40 heavy (non-hydrogen) atoms. The number of carbonyl (C=O) groups is 2. The molecule has 4 aromatic carbocycles. The summed E-state index contributed by atoms with van der Waals surface area (Å²) in [6, 6.07) is 31.9. The second-order valence-electron chi connectivity index (χ2n) is 10.5. The molecule has 0 spiro atoms. The fourth-order valence-electron chi connectivity index (χ4n) is 6.08. The Bertz CT molecular complexity index is 1650. The van der Waals surface area contributed by atoms with Crippen molar-refractivity contribution in [2.24, 2.45) is 0 Å². The summed E-state index contributed by atoms with van der Waals surface area (Å²) < 4.78 is 5.85. The molecule has 0 aromatic heterocycles. The number of fused-ring (bicyclic) bond motifs is 1.